The molecule has 0 aromatic heterocycles. The molecular formula is C16H30F3IN4S. The van der Waals surface area contributed by atoms with E-state index in [1.54, 1.807) is 0 Å². The van der Waals surface area contributed by atoms with Crippen molar-refractivity contribution in [1.29, 1.82) is 0 Å². The molecule has 1 atom stereocenters. The van der Waals surface area contributed by atoms with Gasteiger partial charge in [-0.3, -0.25) is 9.89 Å². The molecule has 4 nitrogen and oxygen atoms in total. The van der Waals surface area contributed by atoms with Crippen molar-refractivity contribution in [1.82, 2.24) is 15.1 Å². The summed E-state index contributed by atoms with van der Waals surface area (Å²) in [6.45, 7) is 6.89. The number of halogens is 4. The van der Waals surface area contributed by atoms with Crippen LogP contribution in [-0.2, 0) is 0 Å². The van der Waals surface area contributed by atoms with Crippen molar-refractivity contribution in [2.45, 2.75) is 38.9 Å². The summed E-state index contributed by atoms with van der Waals surface area (Å²) in [5, 5.41) is 3.30. The maximum Gasteiger partial charge on any atom is 0.403 e. The van der Waals surface area contributed by atoms with Gasteiger partial charge in [0.2, 0.25) is 0 Å². The summed E-state index contributed by atoms with van der Waals surface area (Å²) >= 11 is 2.00. The van der Waals surface area contributed by atoms with Crippen LogP contribution in [0.2, 0.25) is 0 Å². The maximum atomic E-state index is 12.8. The summed E-state index contributed by atoms with van der Waals surface area (Å²) in [4.78, 5) is 8.37. The van der Waals surface area contributed by atoms with E-state index < -0.39 is 12.2 Å². The maximum absolute atomic E-state index is 12.8. The van der Waals surface area contributed by atoms with Gasteiger partial charge in [-0.1, -0.05) is 0 Å². The van der Waals surface area contributed by atoms with Crippen LogP contribution in [0.4, 0.5) is 13.2 Å². The van der Waals surface area contributed by atoms with Crippen LogP contribution in [0.5, 0.6) is 0 Å². The molecule has 0 bridgehead atoms. The Morgan fingerprint density at radius 1 is 1.20 bits per heavy atom. The molecule has 148 valence electrons. The van der Waals surface area contributed by atoms with Crippen molar-refractivity contribution in [3.63, 3.8) is 0 Å². The lowest BCUT2D eigenvalue weighted by Crippen LogP contribution is -2.56. The van der Waals surface area contributed by atoms with Gasteiger partial charge in [0.05, 0.1) is 0 Å². The van der Waals surface area contributed by atoms with Gasteiger partial charge in [-0.15, -0.1) is 24.0 Å². The summed E-state index contributed by atoms with van der Waals surface area (Å²) in [6.07, 6.45) is -1.73. The molecule has 2 aliphatic rings. The van der Waals surface area contributed by atoms with Gasteiger partial charge in [-0.2, -0.15) is 24.9 Å². The molecule has 0 aliphatic carbocycles. The standard InChI is InChI=1S/C16H29F3N4S.HI/c1-3-20-15(21-12-14-4-10-24-11-5-14)23-8-6-22(7-9-23)13(2)16(17,18)19;/h13-14H,3-12H2,1-2H3,(H,20,21);1H. The van der Waals surface area contributed by atoms with E-state index in [1.807, 2.05) is 18.7 Å². The average molecular weight is 494 g/mol. The highest BCUT2D eigenvalue weighted by atomic mass is 127. The minimum absolute atomic E-state index is 0. The van der Waals surface area contributed by atoms with Gasteiger partial charge >= 0.3 is 6.18 Å². The van der Waals surface area contributed by atoms with E-state index >= 15 is 0 Å². The van der Waals surface area contributed by atoms with Gasteiger partial charge in [0, 0.05) is 39.3 Å². The number of aliphatic imine (C=N–C) groups is 1. The van der Waals surface area contributed by atoms with E-state index in [1.165, 1.54) is 36.2 Å². The fraction of sp³-hybridized carbons (Fsp3) is 0.938. The number of piperazine rings is 1. The van der Waals surface area contributed by atoms with Crippen LogP contribution in [0, 0.1) is 5.92 Å². The third kappa shape index (κ3) is 7.32. The Balaban J connectivity index is 0.00000312. The molecule has 0 aromatic carbocycles. The second kappa shape index (κ2) is 11.1. The van der Waals surface area contributed by atoms with Crippen LogP contribution >= 0.6 is 35.7 Å². The molecule has 0 aromatic rings. The van der Waals surface area contributed by atoms with Gasteiger partial charge in [-0.05, 0) is 44.1 Å². The molecule has 0 radical (unpaired) electrons. The van der Waals surface area contributed by atoms with Crippen molar-refractivity contribution < 1.29 is 13.2 Å². The second-order valence-electron chi connectivity index (χ2n) is 6.49. The molecule has 2 aliphatic heterocycles. The zero-order valence-electron chi connectivity index (χ0n) is 15.0. The highest BCUT2D eigenvalue weighted by Crippen LogP contribution is 2.25. The summed E-state index contributed by atoms with van der Waals surface area (Å²) in [5.41, 5.74) is 0. The van der Waals surface area contributed by atoms with Crippen molar-refractivity contribution in [2.24, 2.45) is 10.9 Å². The van der Waals surface area contributed by atoms with Crippen molar-refractivity contribution in [3.05, 3.63) is 0 Å². The van der Waals surface area contributed by atoms with E-state index in [4.69, 9.17) is 4.99 Å². The molecule has 0 spiro atoms. The van der Waals surface area contributed by atoms with Crippen LogP contribution in [0.15, 0.2) is 4.99 Å². The smallest absolute Gasteiger partial charge is 0.357 e. The second-order valence-corrected chi connectivity index (χ2v) is 7.72. The molecule has 2 fully saturated rings. The highest BCUT2D eigenvalue weighted by molar-refractivity contribution is 14.0. The van der Waals surface area contributed by atoms with Gasteiger partial charge in [-0.25, -0.2) is 0 Å². The van der Waals surface area contributed by atoms with Crippen molar-refractivity contribution in [3.8, 4) is 0 Å². The van der Waals surface area contributed by atoms with Crippen LogP contribution in [0.1, 0.15) is 26.7 Å². The Morgan fingerprint density at radius 2 is 1.80 bits per heavy atom. The molecule has 0 amide bonds. The number of thioether (sulfide) groups is 1. The number of nitrogens with zero attached hydrogens (tertiary/aromatic N) is 3. The molecule has 9 heteroatoms. The molecule has 2 saturated heterocycles. The number of nitrogens with one attached hydrogen (secondary N) is 1. The molecule has 2 rings (SSSR count). The van der Waals surface area contributed by atoms with E-state index in [-0.39, 0.29) is 24.0 Å². The predicted octanol–water partition coefficient (Wildman–Crippen LogP) is 3.28. The Hall–Kier alpha value is 0.1000. The summed E-state index contributed by atoms with van der Waals surface area (Å²) < 4.78 is 38.5. The van der Waals surface area contributed by atoms with Crippen LogP contribution in [0.25, 0.3) is 0 Å². The minimum atomic E-state index is -4.15. The van der Waals surface area contributed by atoms with Crippen molar-refractivity contribution in [2.75, 3.05) is 50.8 Å². The first kappa shape index (κ1) is 23.1. The fourth-order valence-corrected chi connectivity index (χ4v) is 4.30. The van der Waals surface area contributed by atoms with Crippen LogP contribution in [0.3, 0.4) is 0 Å². The molecule has 0 saturated carbocycles. The number of guanidine groups is 1. The Morgan fingerprint density at radius 3 is 2.32 bits per heavy atom. The molecular weight excluding hydrogens is 464 g/mol. The third-order valence-electron chi connectivity index (χ3n) is 4.81. The first-order chi connectivity index (χ1) is 11.4. The van der Waals surface area contributed by atoms with Gasteiger partial charge in [0.1, 0.15) is 6.04 Å². The normalized spacial score (nSPS) is 22.4. The number of alkyl halides is 3. The van der Waals surface area contributed by atoms with E-state index in [9.17, 15) is 13.2 Å². The summed E-state index contributed by atoms with van der Waals surface area (Å²) in [6, 6.07) is -1.38. The monoisotopic (exact) mass is 494 g/mol. The van der Waals surface area contributed by atoms with E-state index in [0.717, 1.165) is 19.0 Å². The van der Waals surface area contributed by atoms with Crippen molar-refractivity contribution >= 4 is 41.7 Å². The van der Waals surface area contributed by atoms with E-state index in [0.29, 0.717) is 32.1 Å². The largest absolute Gasteiger partial charge is 0.403 e. The highest BCUT2D eigenvalue weighted by Gasteiger charge is 2.41. The molecule has 2 heterocycles. The lowest BCUT2D eigenvalue weighted by molar-refractivity contribution is -0.181. The average Bonchev–Trinajstić information content (AvgIpc) is 2.58. The minimum Gasteiger partial charge on any atom is -0.357 e. The lowest BCUT2D eigenvalue weighted by atomic mass is 10.0. The summed E-state index contributed by atoms with van der Waals surface area (Å²) in [7, 11) is 0. The molecule has 1 N–H and O–H groups in total. The molecule has 25 heavy (non-hydrogen) atoms. The fourth-order valence-electron chi connectivity index (χ4n) is 3.10. The van der Waals surface area contributed by atoms with E-state index in [2.05, 4.69) is 10.2 Å². The van der Waals surface area contributed by atoms with Crippen LogP contribution in [-0.4, -0.2) is 78.8 Å². The first-order valence-corrected chi connectivity index (χ1v) is 9.99. The topological polar surface area (TPSA) is 30.9 Å². The van der Waals surface area contributed by atoms with Gasteiger partial charge < -0.3 is 10.2 Å². The van der Waals surface area contributed by atoms with Gasteiger partial charge in [0.15, 0.2) is 5.96 Å². The quantitative estimate of drug-likeness (QED) is 0.370. The lowest BCUT2D eigenvalue weighted by Gasteiger charge is -2.39. The van der Waals surface area contributed by atoms with Gasteiger partial charge in [0.25, 0.3) is 0 Å². The SMILES string of the molecule is CCNC(=NCC1CCSCC1)N1CCN(C(C)C(F)(F)F)CC1.I. The predicted molar refractivity (Wildman–Crippen MR) is 110 cm³/mol. The number of rotatable bonds is 4. The Bertz CT molecular complexity index is 409. The zero-order valence-corrected chi connectivity index (χ0v) is 18.2. The Labute approximate surface area is 170 Å². The Kier molecular flexibility index (Phi) is 10.2. The number of hydrogen-bond acceptors (Lipinski definition) is 3. The molecule has 1 unspecified atom stereocenters. The number of hydrogen-bond donors (Lipinski definition) is 1. The summed E-state index contributed by atoms with van der Waals surface area (Å²) in [5.74, 6) is 3.93. The third-order valence-corrected chi connectivity index (χ3v) is 5.86. The zero-order chi connectivity index (χ0) is 17.6. The first-order valence-electron chi connectivity index (χ1n) is 8.83. The van der Waals surface area contributed by atoms with Crippen LogP contribution < -0.4 is 5.32 Å².